The Labute approximate surface area is 124 Å². The minimum atomic E-state index is -1.21. The summed E-state index contributed by atoms with van der Waals surface area (Å²) in [7, 11) is 0. The number of aromatic nitrogens is 4. The van der Waals surface area contributed by atoms with Crippen LogP contribution in [0.2, 0.25) is 0 Å². The number of aliphatic hydroxyl groups excluding tert-OH is 3. The number of hydrogen-bond donors (Lipinski definition) is 5. The van der Waals surface area contributed by atoms with Crippen molar-refractivity contribution in [1.29, 1.82) is 0 Å². The third-order valence-corrected chi connectivity index (χ3v) is 3.81. The maximum atomic E-state index is 10.1. The molecule has 1 aliphatic rings. The Bertz CT molecular complexity index is 744. The fourth-order valence-corrected chi connectivity index (χ4v) is 2.77. The second-order valence-electron chi connectivity index (χ2n) is 4.88. The van der Waals surface area contributed by atoms with Crippen LogP contribution < -0.4 is 5.73 Å². The van der Waals surface area contributed by atoms with Crippen LogP contribution in [-0.4, -0.2) is 59.8 Å². The number of rotatable bonds is 2. The third-order valence-electron chi connectivity index (χ3n) is 3.53. The SMILES string of the molecule is Cc1nc2c(=S)nc(N)[nH]c2n1[C@@H]1O[C@H](CO)C(O)C1O. The predicted molar refractivity (Wildman–Crippen MR) is 74.9 cm³/mol. The van der Waals surface area contributed by atoms with Crippen molar-refractivity contribution in [3.63, 3.8) is 0 Å². The number of nitrogens with zero attached hydrogens (tertiary/aromatic N) is 3. The largest absolute Gasteiger partial charge is 0.394 e. The zero-order chi connectivity index (χ0) is 15.3. The Kier molecular flexibility index (Phi) is 3.42. The first kappa shape index (κ1) is 14.4. The molecule has 3 rings (SSSR count). The van der Waals surface area contributed by atoms with Crippen LogP contribution in [0.4, 0.5) is 5.95 Å². The number of anilines is 1. The maximum Gasteiger partial charge on any atom is 0.200 e. The quantitative estimate of drug-likeness (QED) is 0.444. The zero-order valence-corrected chi connectivity index (χ0v) is 11.9. The van der Waals surface area contributed by atoms with Gasteiger partial charge in [-0.3, -0.25) is 4.57 Å². The van der Waals surface area contributed by atoms with E-state index in [-0.39, 0.29) is 10.6 Å². The number of ether oxygens (including phenoxy) is 1. The smallest absolute Gasteiger partial charge is 0.200 e. The minimum absolute atomic E-state index is 0.111. The molecular formula is C11H15N5O4S. The van der Waals surface area contributed by atoms with E-state index in [9.17, 15) is 10.2 Å². The zero-order valence-electron chi connectivity index (χ0n) is 11.1. The highest BCUT2D eigenvalue weighted by Gasteiger charge is 2.44. The number of H-pyrrole nitrogens is 1. The average molecular weight is 313 g/mol. The van der Waals surface area contributed by atoms with E-state index in [1.54, 1.807) is 11.5 Å². The van der Waals surface area contributed by atoms with Gasteiger partial charge >= 0.3 is 0 Å². The van der Waals surface area contributed by atoms with Crippen molar-refractivity contribution in [1.82, 2.24) is 19.5 Å². The van der Waals surface area contributed by atoms with Gasteiger partial charge < -0.3 is 30.8 Å². The second kappa shape index (κ2) is 5.00. The summed E-state index contributed by atoms with van der Waals surface area (Å²) in [6.45, 7) is 1.30. The summed E-state index contributed by atoms with van der Waals surface area (Å²) in [4.78, 5) is 11.0. The normalized spacial score (nSPS) is 29.3. The van der Waals surface area contributed by atoms with E-state index in [1.807, 2.05) is 0 Å². The number of imidazole rings is 1. The molecule has 0 amide bonds. The Morgan fingerprint density at radius 1 is 1.38 bits per heavy atom. The van der Waals surface area contributed by atoms with Gasteiger partial charge in [0.2, 0.25) is 0 Å². The van der Waals surface area contributed by atoms with E-state index in [0.29, 0.717) is 17.0 Å². The molecule has 2 unspecified atom stereocenters. The number of nitrogens with two attached hydrogens (primary N) is 1. The van der Waals surface area contributed by atoms with Gasteiger partial charge in [0.1, 0.15) is 35.3 Å². The van der Waals surface area contributed by atoms with Crippen molar-refractivity contribution in [2.24, 2.45) is 0 Å². The van der Waals surface area contributed by atoms with Gasteiger partial charge in [0.15, 0.2) is 16.8 Å². The van der Waals surface area contributed by atoms with Crippen molar-refractivity contribution in [3.8, 4) is 0 Å². The van der Waals surface area contributed by atoms with Gasteiger partial charge in [-0.15, -0.1) is 0 Å². The van der Waals surface area contributed by atoms with Gasteiger partial charge in [0, 0.05) is 0 Å². The Balaban J connectivity index is 2.17. The van der Waals surface area contributed by atoms with Crippen molar-refractivity contribution in [2.75, 3.05) is 12.3 Å². The second-order valence-corrected chi connectivity index (χ2v) is 5.27. The molecule has 1 aliphatic heterocycles. The van der Waals surface area contributed by atoms with E-state index in [4.69, 9.17) is 27.8 Å². The van der Waals surface area contributed by atoms with Crippen LogP contribution in [0.3, 0.4) is 0 Å². The van der Waals surface area contributed by atoms with Crippen LogP contribution >= 0.6 is 12.2 Å². The van der Waals surface area contributed by atoms with E-state index >= 15 is 0 Å². The number of nitrogens with one attached hydrogen (secondary N) is 1. The maximum absolute atomic E-state index is 10.1. The summed E-state index contributed by atoms with van der Waals surface area (Å²) in [6.07, 6.45) is -4.19. The molecule has 0 saturated carbocycles. The summed E-state index contributed by atoms with van der Waals surface area (Å²) in [6, 6.07) is 0. The molecule has 10 heteroatoms. The number of hydrogen-bond acceptors (Lipinski definition) is 8. The van der Waals surface area contributed by atoms with Gasteiger partial charge in [0.05, 0.1) is 6.61 Å². The summed E-state index contributed by atoms with van der Waals surface area (Å²) >= 11 is 5.11. The van der Waals surface area contributed by atoms with Gasteiger partial charge in [-0.2, -0.15) is 0 Å². The highest BCUT2D eigenvalue weighted by atomic mass is 32.1. The van der Waals surface area contributed by atoms with Gasteiger partial charge in [0.25, 0.3) is 0 Å². The lowest BCUT2D eigenvalue weighted by atomic mass is 10.1. The van der Waals surface area contributed by atoms with Crippen LogP contribution in [0.1, 0.15) is 12.1 Å². The Morgan fingerprint density at radius 3 is 2.71 bits per heavy atom. The molecule has 114 valence electrons. The molecule has 1 saturated heterocycles. The highest BCUT2D eigenvalue weighted by molar-refractivity contribution is 7.71. The molecule has 0 bridgehead atoms. The van der Waals surface area contributed by atoms with Crippen LogP contribution in [0.5, 0.6) is 0 Å². The average Bonchev–Trinajstić information content (AvgIpc) is 2.89. The molecule has 1 fully saturated rings. The molecule has 0 aromatic carbocycles. The topological polar surface area (TPSA) is 142 Å². The van der Waals surface area contributed by atoms with Crippen LogP contribution in [0.25, 0.3) is 11.2 Å². The number of aromatic amines is 1. The van der Waals surface area contributed by atoms with E-state index in [1.165, 1.54) is 0 Å². The lowest BCUT2D eigenvalue weighted by Gasteiger charge is -2.18. The molecule has 21 heavy (non-hydrogen) atoms. The molecule has 4 atom stereocenters. The molecular weight excluding hydrogens is 298 g/mol. The standard InChI is InChI=1S/C11H15N5O4S/c1-3-13-5-8(14-11(12)15-9(5)21)16(3)10-7(19)6(18)4(2-17)20-10/h4,6-7,10,17-19H,2H2,1H3,(H3,12,14,15,21)/t4-,6?,7?,10-/m1/s1. The van der Waals surface area contributed by atoms with Crippen molar-refractivity contribution in [3.05, 3.63) is 10.5 Å². The molecule has 9 nitrogen and oxygen atoms in total. The molecule has 2 aromatic rings. The molecule has 0 aliphatic carbocycles. The van der Waals surface area contributed by atoms with Crippen molar-refractivity contribution in [2.45, 2.75) is 31.5 Å². The predicted octanol–water partition coefficient (Wildman–Crippen LogP) is -1.01. The third kappa shape index (κ3) is 2.12. The van der Waals surface area contributed by atoms with Crippen molar-refractivity contribution >= 4 is 29.3 Å². The monoisotopic (exact) mass is 313 g/mol. The summed E-state index contributed by atoms with van der Waals surface area (Å²) < 4.78 is 7.29. The van der Waals surface area contributed by atoms with E-state index in [0.717, 1.165) is 0 Å². The van der Waals surface area contributed by atoms with Crippen LogP contribution in [-0.2, 0) is 4.74 Å². The van der Waals surface area contributed by atoms with Gasteiger partial charge in [-0.25, -0.2) is 9.97 Å². The first-order valence-electron chi connectivity index (χ1n) is 6.30. The van der Waals surface area contributed by atoms with E-state index < -0.39 is 31.1 Å². The molecule has 2 aromatic heterocycles. The van der Waals surface area contributed by atoms with Crippen molar-refractivity contribution < 1.29 is 20.1 Å². The minimum Gasteiger partial charge on any atom is -0.394 e. The first-order chi connectivity index (χ1) is 9.93. The number of fused-ring (bicyclic) bond motifs is 1. The molecule has 0 radical (unpaired) electrons. The van der Waals surface area contributed by atoms with Gasteiger partial charge in [-0.05, 0) is 6.92 Å². The molecule has 3 heterocycles. The lowest BCUT2D eigenvalue weighted by Crippen LogP contribution is -2.33. The Morgan fingerprint density at radius 2 is 2.10 bits per heavy atom. The fourth-order valence-electron chi connectivity index (χ4n) is 2.53. The summed E-state index contributed by atoms with van der Waals surface area (Å²) in [5.41, 5.74) is 6.52. The number of nitrogen functional groups attached to an aromatic ring is 1. The molecule has 6 N–H and O–H groups in total. The number of aliphatic hydroxyl groups is 3. The number of aryl methyl sites for hydroxylation is 1. The summed E-state index contributed by atoms with van der Waals surface area (Å²) in [5, 5.41) is 29.2. The van der Waals surface area contributed by atoms with Crippen LogP contribution in [0, 0.1) is 11.6 Å². The van der Waals surface area contributed by atoms with Crippen LogP contribution in [0.15, 0.2) is 0 Å². The Hall–Kier alpha value is -1.59. The van der Waals surface area contributed by atoms with E-state index in [2.05, 4.69) is 15.0 Å². The summed E-state index contributed by atoms with van der Waals surface area (Å²) in [5.74, 6) is 0.620. The fraction of sp³-hybridized carbons (Fsp3) is 0.545. The molecule has 0 spiro atoms. The lowest BCUT2D eigenvalue weighted by molar-refractivity contribution is -0.0519. The van der Waals surface area contributed by atoms with Gasteiger partial charge in [-0.1, -0.05) is 12.2 Å². The first-order valence-corrected chi connectivity index (χ1v) is 6.71. The highest BCUT2D eigenvalue weighted by Crippen LogP contribution is 2.32.